The molecule has 3 heteroatoms. The lowest BCUT2D eigenvalue weighted by Gasteiger charge is -2.15. The number of fused-ring (bicyclic) bond motifs is 1. The predicted molar refractivity (Wildman–Crippen MR) is 88.0 cm³/mol. The third-order valence-electron chi connectivity index (χ3n) is 3.18. The normalized spacial score (nSPS) is 12.5. The van der Waals surface area contributed by atoms with Gasteiger partial charge in [-0.15, -0.1) is 11.3 Å². The molecule has 19 heavy (non-hydrogen) atoms. The lowest BCUT2D eigenvalue weighted by Crippen LogP contribution is -2.04. The van der Waals surface area contributed by atoms with Gasteiger partial charge in [-0.25, -0.2) is 0 Å². The van der Waals surface area contributed by atoms with E-state index in [0.717, 1.165) is 0 Å². The van der Waals surface area contributed by atoms with Crippen LogP contribution in [0.5, 0.6) is 0 Å². The molecule has 0 aliphatic carbocycles. The van der Waals surface area contributed by atoms with Gasteiger partial charge >= 0.3 is 0 Å². The van der Waals surface area contributed by atoms with Gasteiger partial charge < -0.3 is 5.32 Å². The number of benzene rings is 2. The summed E-state index contributed by atoms with van der Waals surface area (Å²) in [7, 11) is 0. The standard InChI is InChI=1S/C16H14BrNS/c1-11(15-9-10-16(17)19-15)18-14-8-4-6-12-5-2-3-7-13(12)14/h2-11,18H,1H3. The first-order chi connectivity index (χ1) is 9.24. The fraction of sp³-hybridized carbons (Fsp3) is 0.125. The Morgan fingerprint density at radius 2 is 1.79 bits per heavy atom. The van der Waals surface area contributed by atoms with Crippen molar-refractivity contribution in [2.75, 3.05) is 5.32 Å². The van der Waals surface area contributed by atoms with Crippen LogP contribution in [0.3, 0.4) is 0 Å². The number of nitrogens with one attached hydrogen (secondary N) is 1. The Hall–Kier alpha value is -1.32. The zero-order valence-electron chi connectivity index (χ0n) is 10.6. The second-order valence-corrected chi connectivity index (χ2v) is 7.03. The van der Waals surface area contributed by atoms with E-state index in [1.165, 1.54) is 25.1 Å². The maximum absolute atomic E-state index is 3.60. The van der Waals surface area contributed by atoms with Gasteiger partial charge in [0.1, 0.15) is 0 Å². The van der Waals surface area contributed by atoms with E-state index in [1.54, 1.807) is 11.3 Å². The molecule has 1 heterocycles. The van der Waals surface area contributed by atoms with E-state index in [2.05, 4.69) is 82.8 Å². The van der Waals surface area contributed by atoms with Crippen LogP contribution in [0.25, 0.3) is 10.8 Å². The number of anilines is 1. The average Bonchev–Trinajstić information content (AvgIpc) is 2.86. The summed E-state index contributed by atoms with van der Waals surface area (Å²) >= 11 is 5.29. The molecule has 2 aromatic carbocycles. The monoisotopic (exact) mass is 331 g/mol. The number of hydrogen-bond donors (Lipinski definition) is 1. The van der Waals surface area contributed by atoms with E-state index < -0.39 is 0 Å². The zero-order chi connectivity index (χ0) is 13.2. The Labute approximate surface area is 125 Å². The Morgan fingerprint density at radius 1 is 1.00 bits per heavy atom. The fourth-order valence-corrected chi connectivity index (χ4v) is 3.64. The first kappa shape index (κ1) is 12.7. The van der Waals surface area contributed by atoms with Gasteiger partial charge in [0.05, 0.1) is 9.83 Å². The Morgan fingerprint density at radius 3 is 2.58 bits per heavy atom. The van der Waals surface area contributed by atoms with Crippen LogP contribution in [0.4, 0.5) is 5.69 Å². The summed E-state index contributed by atoms with van der Waals surface area (Å²) in [6.45, 7) is 2.19. The molecule has 0 spiro atoms. The molecular formula is C16H14BrNS. The molecule has 0 bridgehead atoms. The quantitative estimate of drug-likeness (QED) is 0.635. The smallest absolute Gasteiger partial charge is 0.0702 e. The van der Waals surface area contributed by atoms with Gasteiger partial charge in [-0.2, -0.15) is 0 Å². The molecule has 1 N–H and O–H groups in total. The third kappa shape index (κ3) is 2.67. The Bertz CT molecular complexity index is 699. The van der Waals surface area contributed by atoms with E-state index in [9.17, 15) is 0 Å². The van der Waals surface area contributed by atoms with Gasteiger partial charge in [0, 0.05) is 16.0 Å². The second kappa shape index (κ2) is 5.35. The number of hydrogen-bond acceptors (Lipinski definition) is 2. The van der Waals surface area contributed by atoms with Crippen molar-refractivity contribution in [2.45, 2.75) is 13.0 Å². The van der Waals surface area contributed by atoms with Crippen molar-refractivity contribution in [3.63, 3.8) is 0 Å². The molecular weight excluding hydrogens is 318 g/mol. The first-order valence-corrected chi connectivity index (χ1v) is 7.84. The van der Waals surface area contributed by atoms with E-state index in [-0.39, 0.29) is 0 Å². The van der Waals surface area contributed by atoms with Crippen LogP contribution >= 0.6 is 27.3 Å². The highest BCUT2D eigenvalue weighted by molar-refractivity contribution is 9.11. The van der Waals surface area contributed by atoms with Gasteiger partial charge in [-0.1, -0.05) is 36.4 Å². The molecule has 0 amide bonds. The predicted octanol–water partition coefficient (Wildman–Crippen LogP) is 5.84. The highest BCUT2D eigenvalue weighted by Gasteiger charge is 2.09. The van der Waals surface area contributed by atoms with E-state index in [4.69, 9.17) is 0 Å². The lowest BCUT2D eigenvalue weighted by atomic mass is 10.1. The van der Waals surface area contributed by atoms with Gasteiger partial charge in [0.25, 0.3) is 0 Å². The van der Waals surface area contributed by atoms with E-state index in [0.29, 0.717) is 6.04 Å². The SMILES string of the molecule is CC(Nc1cccc2ccccc12)c1ccc(Br)s1. The summed E-state index contributed by atoms with van der Waals surface area (Å²) in [6.07, 6.45) is 0. The van der Waals surface area contributed by atoms with E-state index >= 15 is 0 Å². The average molecular weight is 332 g/mol. The zero-order valence-corrected chi connectivity index (χ0v) is 13.0. The minimum atomic E-state index is 0.308. The van der Waals surface area contributed by atoms with Crippen molar-refractivity contribution >= 4 is 43.7 Å². The van der Waals surface area contributed by atoms with Gasteiger partial charge in [-0.3, -0.25) is 0 Å². The number of halogens is 1. The largest absolute Gasteiger partial charge is 0.377 e. The molecule has 0 aliphatic rings. The number of rotatable bonds is 3. The van der Waals surface area contributed by atoms with Crippen molar-refractivity contribution in [3.05, 3.63) is 63.3 Å². The molecule has 0 fully saturated rings. The maximum Gasteiger partial charge on any atom is 0.0702 e. The molecule has 0 saturated heterocycles. The molecule has 1 atom stereocenters. The Balaban J connectivity index is 1.93. The highest BCUT2D eigenvalue weighted by Crippen LogP contribution is 2.31. The van der Waals surface area contributed by atoms with Crippen LogP contribution in [-0.4, -0.2) is 0 Å². The molecule has 1 aromatic heterocycles. The summed E-state index contributed by atoms with van der Waals surface area (Å²) < 4.78 is 1.18. The van der Waals surface area contributed by atoms with Gasteiger partial charge in [0.2, 0.25) is 0 Å². The molecule has 0 radical (unpaired) electrons. The molecule has 96 valence electrons. The Kier molecular flexibility index (Phi) is 3.58. The van der Waals surface area contributed by atoms with Crippen molar-refractivity contribution in [1.82, 2.24) is 0 Å². The third-order valence-corrected chi connectivity index (χ3v) is 4.99. The highest BCUT2D eigenvalue weighted by atomic mass is 79.9. The van der Waals surface area contributed by atoms with Crippen molar-refractivity contribution in [3.8, 4) is 0 Å². The summed E-state index contributed by atoms with van der Waals surface area (Å²) in [5.74, 6) is 0. The molecule has 1 nitrogen and oxygen atoms in total. The van der Waals surface area contributed by atoms with Crippen LogP contribution in [-0.2, 0) is 0 Å². The van der Waals surface area contributed by atoms with Crippen LogP contribution in [0.15, 0.2) is 58.4 Å². The summed E-state index contributed by atoms with van der Waals surface area (Å²) in [5, 5.41) is 6.15. The topological polar surface area (TPSA) is 12.0 Å². The molecule has 0 aliphatic heterocycles. The minimum absolute atomic E-state index is 0.308. The summed E-state index contributed by atoms with van der Waals surface area (Å²) in [5.41, 5.74) is 1.19. The summed E-state index contributed by atoms with van der Waals surface area (Å²) in [6, 6.07) is 19.4. The molecule has 3 aromatic rings. The van der Waals surface area contributed by atoms with Crippen LogP contribution in [0.2, 0.25) is 0 Å². The van der Waals surface area contributed by atoms with Crippen LogP contribution in [0.1, 0.15) is 17.8 Å². The van der Waals surface area contributed by atoms with Crippen LogP contribution < -0.4 is 5.32 Å². The maximum atomic E-state index is 3.60. The van der Waals surface area contributed by atoms with Crippen LogP contribution in [0, 0.1) is 0 Å². The number of thiophene rings is 1. The van der Waals surface area contributed by atoms with E-state index in [1.807, 2.05) is 0 Å². The van der Waals surface area contributed by atoms with Crippen molar-refractivity contribution < 1.29 is 0 Å². The minimum Gasteiger partial charge on any atom is -0.377 e. The fourth-order valence-electron chi connectivity index (χ4n) is 2.22. The second-order valence-electron chi connectivity index (χ2n) is 4.53. The van der Waals surface area contributed by atoms with Gasteiger partial charge in [-0.05, 0) is 46.4 Å². The lowest BCUT2D eigenvalue weighted by molar-refractivity contribution is 0.910. The molecule has 1 unspecified atom stereocenters. The van der Waals surface area contributed by atoms with Crippen molar-refractivity contribution in [1.29, 1.82) is 0 Å². The summed E-state index contributed by atoms with van der Waals surface area (Å²) in [4.78, 5) is 1.33. The molecule has 3 rings (SSSR count). The van der Waals surface area contributed by atoms with Crippen molar-refractivity contribution in [2.24, 2.45) is 0 Å². The van der Waals surface area contributed by atoms with Gasteiger partial charge in [0.15, 0.2) is 0 Å². The first-order valence-electron chi connectivity index (χ1n) is 6.23. The molecule has 0 saturated carbocycles.